The number of carbonyl (C=O) groups excluding carboxylic acids is 2. The molecule has 0 N–H and O–H groups in total. The average molecular weight is 341 g/mol. The van der Waals surface area contributed by atoms with E-state index in [9.17, 15) is 9.59 Å². The summed E-state index contributed by atoms with van der Waals surface area (Å²) in [6.07, 6.45) is 14.5. The molecule has 0 amide bonds. The molecule has 0 fully saturated rings. The van der Waals surface area contributed by atoms with Crippen molar-refractivity contribution in [2.75, 3.05) is 6.61 Å². The van der Waals surface area contributed by atoms with Crippen LogP contribution in [0.25, 0.3) is 0 Å². The molecule has 0 radical (unpaired) electrons. The molecule has 0 saturated carbocycles. The molecule has 0 heterocycles. The first-order valence-corrected chi connectivity index (χ1v) is 9.69. The van der Waals surface area contributed by atoms with Gasteiger partial charge < -0.3 is 9.47 Å². The number of rotatable bonds is 15. The molecular weight excluding hydrogens is 304 g/mol. The molecule has 0 bridgehead atoms. The highest BCUT2D eigenvalue weighted by Gasteiger charge is 2.09. The van der Waals surface area contributed by atoms with Crippen molar-refractivity contribution in [3.05, 3.63) is 12.2 Å². The van der Waals surface area contributed by atoms with E-state index in [1.165, 1.54) is 38.5 Å². The van der Waals surface area contributed by atoms with E-state index in [4.69, 9.17) is 9.47 Å². The quantitative estimate of drug-likeness (QED) is 0.229. The van der Waals surface area contributed by atoms with Gasteiger partial charge in [-0.2, -0.15) is 0 Å². The van der Waals surface area contributed by atoms with E-state index < -0.39 is 11.9 Å². The molecule has 24 heavy (non-hydrogen) atoms. The van der Waals surface area contributed by atoms with Crippen LogP contribution in [-0.2, 0) is 19.1 Å². The van der Waals surface area contributed by atoms with Crippen LogP contribution >= 0.6 is 0 Å². The second kappa shape index (κ2) is 16.5. The third kappa shape index (κ3) is 14.3. The van der Waals surface area contributed by atoms with E-state index in [1.807, 2.05) is 6.92 Å². The first-order chi connectivity index (χ1) is 11.6. The maximum Gasteiger partial charge on any atom is 0.331 e. The number of hydrogen-bond donors (Lipinski definition) is 0. The topological polar surface area (TPSA) is 52.6 Å². The predicted molar refractivity (Wildman–Crippen MR) is 97.8 cm³/mol. The van der Waals surface area contributed by atoms with Crippen molar-refractivity contribution in [2.24, 2.45) is 0 Å². The lowest BCUT2D eigenvalue weighted by Crippen LogP contribution is -2.16. The third-order valence-corrected chi connectivity index (χ3v) is 3.95. The molecule has 0 aliphatic heterocycles. The van der Waals surface area contributed by atoms with Gasteiger partial charge >= 0.3 is 11.9 Å². The minimum atomic E-state index is -0.474. The Hall–Kier alpha value is -1.32. The highest BCUT2D eigenvalue weighted by molar-refractivity contribution is 5.91. The predicted octanol–water partition coefficient (Wildman–Crippen LogP) is 5.35. The van der Waals surface area contributed by atoms with Gasteiger partial charge in [0.05, 0.1) is 6.61 Å². The molecule has 0 aliphatic carbocycles. The zero-order valence-corrected chi connectivity index (χ0v) is 15.9. The van der Waals surface area contributed by atoms with Crippen LogP contribution in [0.15, 0.2) is 12.2 Å². The molecule has 4 nitrogen and oxygen atoms in total. The van der Waals surface area contributed by atoms with Gasteiger partial charge in [0.1, 0.15) is 6.10 Å². The van der Waals surface area contributed by atoms with Crippen LogP contribution in [0.1, 0.15) is 91.4 Å². The van der Waals surface area contributed by atoms with Gasteiger partial charge in [-0.05, 0) is 19.3 Å². The number of hydrogen-bond acceptors (Lipinski definition) is 4. The fourth-order valence-corrected chi connectivity index (χ4v) is 2.46. The molecule has 4 heteroatoms. The normalized spacial score (nSPS) is 12.3. The van der Waals surface area contributed by atoms with Crippen molar-refractivity contribution in [3.63, 3.8) is 0 Å². The summed E-state index contributed by atoms with van der Waals surface area (Å²) in [5.74, 6) is -0.947. The summed E-state index contributed by atoms with van der Waals surface area (Å²) in [5.41, 5.74) is 0. The lowest BCUT2D eigenvalue weighted by atomic mass is 10.1. The Labute approximate surface area is 148 Å². The Morgan fingerprint density at radius 2 is 1.38 bits per heavy atom. The van der Waals surface area contributed by atoms with Crippen molar-refractivity contribution in [1.29, 1.82) is 0 Å². The number of carbonyl (C=O) groups is 2. The van der Waals surface area contributed by atoms with E-state index in [2.05, 4.69) is 13.8 Å². The fraction of sp³-hybridized carbons (Fsp3) is 0.800. The number of unbranched alkanes of at least 4 members (excludes halogenated alkanes) is 7. The van der Waals surface area contributed by atoms with Crippen LogP contribution in [0.2, 0.25) is 0 Å². The molecule has 0 aromatic heterocycles. The van der Waals surface area contributed by atoms with Gasteiger partial charge in [-0.25, -0.2) is 9.59 Å². The van der Waals surface area contributed by atoms with Gasteiger partial charge in [-0.15, -0.1) is 0 Å². The van der Waals surface area contributed by atoms with Gasteiger partial charge in [0.2, 0.25) is 0 Å². The lowest BCUT2D eigenvalue weighted by Gasteiger charge is -2.13. The van der Waals surface area contributed by atoms with E-state index in [0.717, 1.165) is 44.3 Å². The Kier molecular flexibility index (Phi) is 15.6. The zero-order chi connectivity index (χ0) is 18.0. The molecule has 0 spiro atoms. The van der Waals surface area contributed by atoms with E-state index >= 15 is 0 Å². The van der Waals surface area contributed by atoms with Gasteiger partial charge in [0, 0.05) is 12.2 Å². The smallest absolute Gasteiger partial charge is 0.331 e. The van der Waals surface area contributed by atoms with Crippen LogP contribution in [0, 0.1) is 0 Å². The Morgan fingerprint density at radius 1 is 0.792 bits per heavy atom. The number of ether oxygens (including phenoxy) is 2. The van der Waals surface area contributed by atoms with Crippen molar-refractivity contribution in [3.8, 4) is 0 Å². The zero-order valence-electron chi connectivity index (χ0n) is 15.9. The van der Waals surface area contributed by atoms with Crippen molar-refractivity contribution < 1.29 is 19.1 Å². The standard InChI is InChI=1S/C20H36O4/c1-4-7-8-9-10-11-12-13-17-23-19(21)15-16-20(22)24-18(6-3)14-5-2/h15-16,18H,4-14,17H2,1-3H3/b16-15+. The number of esters is 2. The SMILES string of the molecule is CCCCCCCCCCOC(=O)/C=C/C(=O)OC(CC)CCC. The van der Waals surface area contributed by atoms with Crippen LogP contribution < -0.4 is 0 Å². The van der Waals surface area contributed by atoms with Gasteiger partial charge in [-0.1, -0.05) is 72.1 Å². The van der Waals surface area contributed by atoms with Gasteiger partial charge in [0.25, 0.3) is 0 Å². The summed E-state index contributed by atoms with van der Waals surface area (Å²) >= 11 is 0. The fourth-order valence-electron chi connectivity index (χ4n) is 2.46. The third-order valence-electron chi connectivity index (χ3n) is 3.95. The van der Waals surface area contributed by atoms with E-state index in [-0.39, 0.29) is 6.10 Å². The van der Waals surface area contributed by atoms with Crippen LogP contribution in [0.5, 0.6) is 0 Å². The molecule has 0 aromatic carbocycles. The molecular formula is C20H36O4. The monoisotopic (exact) mass is 340 g/mol. The van der Waals surface area contributed by atoms with Crippen molar-refractivity contribution in [2.45, 2.75) is 97.5 Å². The molecule has 0 aromatic rings. The highest BCUT2D eigenvalue weighted by atomic mass is 16.5. The van der Waals surface area contributed by atoms with E-state index in [0.29, 0.717) is 6.61 Å². The molecule has 0 saturated heterocycles. The molecule has 1 unspecified atom stereocenters. The molecule has 0 rings (SSSR count). The summed E-state index contributed by atoms with van der Waals surface area (Å²) in [7, 11) is 0. The summed E-state index contributed by atoms with van der Waals surface area (Å²) in [6, 6.07) is 0. The van der Waals surface area contributed by atoms with Gasteiger partial charge in [0.15, 0.2) is 0 Å². The minimum absolute atomic E-state index is 0.0690. The maximum atomic E-state index is 11.6. The summed E-state index contributed by atoms with van der Waals surface area (Å²) in [4.78, 5) is 23.1. The highest BCUT2D eigenvalue weighted by Crippen LogP contribution is 2.09. The first kappa shape index (κ1) is 22.7. The Balaban J connectivity index is 3.65. The van der Waals surface area contributed by atoms with Crippen LogP contribution in [0.3, 0.4) is 0 Å². The molecule has 0 aliphatic rings. The lowest BCUT2D eigenvalue weighted by molar-refractivity contribution is -0.144. The maximum absolute atomic E-state index is 11.6. The molecule has 140 valence electrons. The average Bonchev–Trinajstić information content (AvgIpc) is 2.58. The van der Waals surface area contributed by atoms with E-state index in [1.54, 1.807) is 0 Å². The second-order valence-electron chi connectivity index (χ2n) is 6.23. The largest absolute Gasteiger partial charge is 0.463 e. The van der Waals surface area contributed by atoms with Crippen LogP contribution in [0.4, 0.5) is 0 Å². The Bertz CT molecular complexity index is 350. The minimum Gasteiger partial charge on any atom is -0.463 e. The van der Waals surface area contributed by atoms with Crippen molar-refractivity contribution in [1.82, 2.24) is 0 Å². The summed E-state index contributed by atoms with van der Waals surface area (Å²) in [5, 5.41) is 0. The van der Waals surface area contributed by atoms with Crippen LogP contribution in [-0.4, -0.2) is 24.6 Å². The van der Waals surface area contributed by atoms with Crippen molar-refractivity contribution >= 4 is 11.9 Å². The summed E-state index contributed by atoms with van der Waals surface area (Å²) < 4.78 is 10.3. The summed E-state index contributed by atoms with van der Waals surface area (Å²) in [6.45, 7) is 6.67. The van der Waals surface area contributed by atoms with Gasteiger partial charge in [-0.3, -0.25) is 0 Å². The Morgan fingerprint density at radius 3 is 1.96 bits per heavy atom. The first-order valence-electron chi connectivity index (χ1n) is 9.69. The second-order valence-corrected chi connectivity index (χ2v) is 6.23. The molecule has 1 atom stereocenters.